The smallest absolute Gasteiger partial charge is 0.258 e. The number of hydrogen-bond donors (Lipinski definition) is 1. The predicted octanol–water partition coefficient (Wildman–Crippen LogP) is 5.62. The minimum absolute atomic E-state index is 0.0274. The molecule has 1 N–H and O–H groups in total. The molecule has 0 aliphatic carbocycles. The summed E-state index contributed by atoms with van der Waals surface area (Å²) >= 11 is 0. The van der Waals surface area contributed by atoms with Crippen LogP contribution in [0.25, 0.3) is 6.08 Å². The van der Waals surface area contributed by atoms with Gasteiger partial charge in [0.25, 0.3) is 11.8 Å². The van der Waals surface area contributed by atoms with Crippen LogP contribution < -0.4 is 10.2 Å². The summed E-state index contributed by atoms with van der Waals surface area (Å²) in [4.78, 5) is 27.8. The van der Waals surface area contributed by atoms with Gasteiger partial charge in [-0.05, 0) is 67.3 Å². The first kappa shape index (κ1) is 19.6. The first-order chi connectivity index (χ1) is 14.5. The van der Waals surface area contributed by atoms with E-state index in [0.29, 0.717) is 23.4 Å². The SMILES string of the molecule is Cc1ccccc1C(=O)Nc1ccc(C(=O)N2CCC=Cc3ccccc32)c(C)c1. The zero-order chi connectivity index (χ0) is 21.1. The minimum Gasteiger partial charge on any atom is -0.322 e. The molecule has 2 amide bonds. The highest BCUT2D eigenvalue weighted by atomic mass is 16.2. The van der Waals surface area contributed by atoms with Crippen LogP contribution >= 0.6 is 0 Å². The Kier molecular flexibility index (Phi) is 5.48. The van der Waals surface area contributed by atoms with E-state index in [1.54, 1.807) is 18.2 Å². The lowest BCUT2D eigenvalue weighted by Crippen LogP contribution is -2.32. The van der Waals surface area contributed by atoms with Crippen molar-refractivity contribution in [2.24, 2.45) is 0 Å². The van der Waals surface area contributed by atoms with E-state index in [-0.39, 0.29) is 11.8 Å². The molecule has 3 aromatic rings. The lowest BCUT2D eigenvalue weighted by atomic mass is 10.0. The Bertz CT molecular complexity index is 1150. The van der Waals surface area contributed by atoms with E-state index < -0.39 is 0 Å². The zero-order valence-corrected chi connectivity index (χ0v) is 17.2. The fourth-order valence-corrected chi connectivity index (χ4v) is 3.77. The number of rotatable bonds is 3. The first-order valence-electron chi connectivity index (χ1n) is 10.1. The molecule has 0 aromatic heterocycles. The van der Waals surface area contributed by atoms with Gasteiger partial charge in [0.15, 0.2) is 0 Å². The fourth-order valence-electron chi connectivity index (χ4n) is 3.77. The number of nitrogens with one attached hydrogen (secondary N) is 1. The van der Waals surface area contributed by atoms with Gasteiger partial charge in [-0.15, -0.1) is 0 Å². The maximum atomic E-state index is 13.3. The van der Waals surface area contributed by atoms with E-state index in [0.717, 1.165) is 28.8 Å². The van der Waals surface area contributed by atoms with E-state index in [2.05, 4.69) is 17.5 Å². The molecule has 4 nitrogen and oxygen atoms in total. The number of nitrogens with zero attached hydrogens (tertiary/aromatic N) is 1. The molecule has 30 heavy (non-hydrogen) atoms. The summed E-state index contributed by atoms with van der Waals surface area (Å²) in [6.07, 6.45) is 4.98. The summed E-state index contributed by atoms with van der Waals surface area (Å²) in [5.74, 6) is -0.181. The highest BCUT2D eigenvalue weighted by Gasteiger charge is 2.22. The molecule has 0 atom stereocenters. The summed E-state index contributed by atoms with van der Waals surface area (Å²) in [6.45, 7) is 4.45. The Labute approximate surface area is 176 Å². The second-order valence-corrected chi connectivity index (χ2v) is 7.51. The van der Waals surface area contributed by atoms with Crippen LogP contribution in [0.2, 0.25) is 0 Å². The molecular weight excluding hydrogens is 372 g/mol. The lowest BCUT2D eigenvalue weighted by Gasteiger charge is -2.24. The topological polar surface area (TPSA) is 49.4 Å². The summed E-state index contributed by atoms with van der Waals surface area (Å²) < 4.78 is 0. The van der Waals surface area contributed by atoms with Crippen LogP contribution in [-0.4, -0.2) is 18.4 Å². The number of para-hydroxylation sites is 1. The molecule has 0 saturated heterocycles. The number of carbonyl (C=O) groups excluding carboxylic acids is 2. The number of hydrogen-bond acceptors (Lipinski definition) is 2. The minimum atomic E-state index is -0.154. The summed E-state index contributed by atoms with van der Waals surface area (Å²) in [7, 11) is 0. The van der Waals surface area contributed by atoms with Crippen LogP contribution in [0.3, 0.4) is 0 Å². The van der Waals surface area contributed by atoms with E-state index in [9.17, 15) is 9.59 Å². The molecule has 1 aliphatic rings. The largest absolute Gasteiger partial charge is 0.322 e. The second kappa shape index (κ2) is 8.37. The summed E-state index contributed by atoms with van der Waals surface area (Å²) in [5, 5.41) is 2.94. The van der Waals surface area contributed by atoms with Crippen LogP contribution in [0.4, 0.5) is 11.4 Å². The average Bonchev–Trinajstić information content (AvgIpc) is 2.96. The van der Waals surface area contributed by atoms with Crippen LogP contribution in [0.5, 0.6) is 0 Å². The van der Waals surface area contributed by atoms with Crippen molar-refractivity contribution in [2.75, 3.05) is 16.8 Å². The summed E-state index contributed by atoms with van der Waals surface area (Å²) in [6, 6.07) is 20.9. The van der Waals surface area contributed by atoms with Gasteiger partial charge in [-0.3, -0.25) is 9.59 Å². The van der Waals surface area contributed by atoms with Crippen molar-refractivity contribution < 1.29 is 9.59 Å². The molecule has 1 heterocycles. The van der Waals surface area contributed by atoms with Crippen molar-refractivity contribution in [3.63, 3.8) is 0 Å². The van der Waals surface area contributed by atoms with Gasteiger partial charge in [0.1, 0.15) is 0 Å². The van der Waals surface area contributed by atoms with E-state index in [4.69, 9.17) is 0 Å². The predicted molar refractivity (Wildman–Crippen MR) is 122 cm³/mol. The quantitative estimate of drug-likeness (QED) is 0.625. The molecule has 0 bridgehead atoms. The number of amides is 2. The normalized spacial score (nSPS) is 12.8. The van der Waals surface area contributed by atoms with E-state index >= 15 is 0 Å². The molecule has 0 saturated carbocycles. The van der Waals surface area contributed by atoms with Gasteiger partial charge in [-0.25, -0.2) is 0 Å². The average molecular weight is 396 g/mol. The Hall–Kier alpha value is -3.66. The van der Waals surface area contributed by atoms with Crippen molar-refractivity contribution in [3.8, 4) is 0 Å². The standard InChI is InChI=1S/C26H24N2O2/c1-18-9-3-5-12-22(18)25(29)27-21-14-15-23(19(2)17-21)26(30)28-16-8-7-11-20-10-4-6-13-24(20)28/h3-7,9-15,17H,8,16H2,1-2H3,(H,27,29). The molecule has 0 radical (unpaired) electrons. The van der Waals surface area contributed by atoms with Crippen LogP contribution in [0.15, 0.2) is 72.8 Å². The number of aryl methyl sites for hydroxylation is 2. The molecule has 4 rings (SSSR count). The molecule has 0 spiro atoms. The zero-order valence-electron chi connectivity index (χ0n) is 17.2. The Balaban J connectivity index is 1.57. The molecule has 3 aromatic carbocycles. The van der Waals surface area contributed by atoms with Gasteiger partial charge in [0.2, 0.25) is 0 Å². The Morgan fingerprint density at radius 3 is 2.43 bits per heavy atom. The fraction of sp³-hybridized carbons (Fsp3) is 0.154. The third-order valence-electron chi connectivity index (χ3n) is 5.39. The molecule has 4 heteroatoms. The Morgan fingerprint density at radius 1 is 0.867 bits per heavy atom. The maximum Gasteiger partial charge on any atom is 0.258 e. The molecule has 1 aliphatic heterocycles. The molecule has 0 unspecified atom stereocenters. The lowest BCUT2D eigenvalue weighted by molar-refractivity contribution is 0.0985. The van der Waals surface area contributed by atoms with Gasteiger partial charge in [-0.1, -0.05) is 48.6 Å². The molecule has 150 valence electrons. The van der Waals surface area contributed by atoms with Crippen LogP contribution in [0, 0.1) is 13.8 Å². The Morgan fingerprint density at radius 2 is 1.63 bits per heavy atom. The molecular formula is C26H24N2O2. The third kappa shape index (κ3) is 3.90. The van der Waals surface area contributed by atoms with Gasteiger partial charge in [0.05, 0.1) is 5.69 Å². The van der Waals surface area contributed by atoms with Crippen molar-refractivity contribution in [3.05, 3.63) is 101 Å². The monoisotopic (exact) mass is 396 g/mol. The van der Waals surface area contributed by atoms with Crippen molar-refractivity contribution in [2.45, 2.75) is 20.3 Å². The van der Waals surface area contributed by atoms with Crippen molar-refractivity contribution in [1.82, 2.24) is 0 Å². The highest BCUT2D eigenvalue weighted by molar-refractivity contribution is 6.09. The molecule has 0 fully saturated rings. The van der Waals surface area contributed by atoms with Crippen LogP contribution in [0.1, 0.15) is 43.8 Å². The van der Waals surface area contributed by atoms with Gasteiger partial charge >= 0.3 is 0 Å². The highest BCUT2D eigenvalue weighted by Crippen LogP contribution is 2.28. The van der Waals surface area contributed by atoms with Crippen LogP contribution in [-0.2, 0) is 0 Å². The number of carbonyl (C=O) groups is 2. The number of benzene rings is 3. The van der Waals surface area contributed by atoms with Gasteiger partial charge < -0.3 is 10.2 Å². The third-order valence-corrected chi connectivity index (χ3v) is 5.39. The first-order valence-corrected chi connectivity index (χ1v) is 10.1. The van der Waals surface area contributed by atoms with Crippen molar-refractivity contribution in [1.29, 1.82) is 0 Å². The van der Waals surface area contributed by atoms with E-state index in [1.807, 2.05) is 67.3 Å². The maximum absolute atomic E-state index is 13.3. The summed E-state index contributed by atoms with van der Waals surface area (Å²) in [5.41, 5.74) is 5.68. The van der Waals surface area contributed by atoms with Gasteiger partial charge in [0, 0.05) is 23.4 Å². The van der Waals surface area contributed by atoms with Gasteiger partial charge in [-0.2, -0.15) is 0 Å². The number of anilines is 2. The van der Waals surface area contributed by atoms with Crippen molar-refractivity contribution >= 4 is 29.3 Å². The number of fused-ring (bicyclic) bond motifs is 1. The second-order valence-electron chi connectivity index (χ2n) is 7.51. The van der Waals surface area contributed by atoms with E-state index in [1.165, 1.54) is 0 Å².